The summed E-state index contributed by atoms with van der Waals surface area (Å²) in [5.74, 6) is 0.272. The molecule has 4 nitrogen and oxygen atoms in total. The van der Waals surface area contributed by atoms with Gasteiger partial charge in [0.1, 0.15) is 0 Å². The van der Waals surface area contributed by atoms with E-state index in [1.165, 1.54) is 0 Å². The Bertz CT molecular complexity index is 943. The lowest BCUT2D eigenvalue weighted by atomic mass is 9.74. The average molecular weight is 459 g/mol. The van der Waals surface area contributed by atoms with Gasteiger partial charge in [-0.1, -0.05) is 47.5 Å². The molecule has 164 valence electrons. The van der Waals surface area contributed by atoms with Gasteiger partial charge in [0.25, 0.3) is 0 Å². The van der Waals surface area contributed by atoms with Gasteiger partial charge in [0.15, 0.2) is 0 Å². The predicted octanol–water partition coefficient (Wildman–Crippen LogP) is 5.60. The lowest BCUT2D eigenvalue weighted by Gasteiger charge is -2.45. The predicted molar refractivity (Wildman–Crippen MR) is 124 cm³/mol. The molecule has 4 rings (SSSR count). The van der Waals surface area contributed by atoms with E-state index in [9.17, 15) is 9.59 Å². The van der Waals surface area contributed by atoms with Crippen molar-refractivity contribution in [1.82, 2.24) is 10.2 Å². The van der Waals surface area contributed by atoms with Crippen molar-refractivity contribution < 1.29 is 9.59 Å². The Morgan fingerprint density at radius 1 is 1.06 bits per heavy atom. The van der Waals surface area contributed by atoms with Gasteiger partial charge in [-0.15, -0.1) is 0 Å². The van der Waals surface area contributed by atoms with E-state index in [1.807, 2.05) is 54.3 Å². The second-order valence-electron chi connectivity index (χ2n) is 8.68. The van der Waals surface area contributed by atoms with Crippen LogP contribution in [-0.2, 0) is 9.59 Å². The van der Waals surface area contributed by atoms with E-state index in [-0.39, 0.29) is 36.1 Å². The molecule has 1 aliphatic carbocycles. The molecule has 2 aromatic carbocycles. The first-order chi connectivity index (χ1) is 15.0. The van der Waals surface area contributed by atoms with Gasteiger partial charge >= 0.3 is 0 Å². The molecule has 0 radical (unpaired) electrons. The molecule has 1 saturated heterocycles. The van der Waals surface area contributed by atoms with Crippen LogP contribution < -0.4 is 5.32 Å². The van der Waals surface area contributed by atoms with Crippen molar-refractivity contribution in [3.05, 3.63) is 69.7 Å². The minimum atomic E-state index is -0.335. The number of likely N-dealkylation sites (tertiary alicyclic amines) is 1. The maximum absolute atomic E-state index is 13.6. The summed E-state index contributed by atoms with van der Waals surface area (Å²) in [7, 11) is 0. The summed E-state index contributed by atoms with van der Waals surface area (Å²) in [5, 5.41) is 4.20. The van der Waals surface area contributed by atoms with Crippen LogP contribution in [0, 0.1) is 11.8 Å². The lowest BCUT2D eigenvalue weighted by molar-refractivity contribution is -0.146. The first-order valence-electron chi connectivity index (χ1n) is 11.0. The maximum Gasteiger partial charge on any atom is 0.226 e. The molecule has 0 bridgehead atoms. The Kier molecular flexibility index (Phi) is 6.88. The van der Waals surface area contributed by atoms with E-state index in [2.05, 4.69) is 11.4 Å². The van der Waals surface area contributed by atoms with E-state index in [0.29, 0.717) is 28.9 Å². The molecule has 3 atom stereocenters. The third kappa shape index (κ3) is 5.24. The van der Waals surface area contributed by atoms with Crippen LogP contribution >= 0.6 is 23.2 Å². The minimum absolute atomic E-state index is 0.0516. The van der Waals surface area contributed by atoms with E-state index in [0.717, 1.165) is 30.5 Å². The minimum Gasteiger partial charge on any atom is -0.356 e. The van der Waals surface area contributed by atoms with Gasteiger partial charge in [0.05, 0.1) is 6.04 Å². The largest absolute Gasteiger partial charge is 0.356 e. The van der Waals surface area contributed by atoms with Crippen molar-refractivity contribution >= 4 is 35.0 Å². The van der Waals surface area contributed by atoms with Crippen molar-refractivity contribution in [3.8, 4) is 0 Å². The van der Waals surface area contributed by atoms with Gasteiger partial charge < -0.3 is 10.2 Å². The van der Waals surface area contributed by atoms with Crippen LogP contribution in [0.4, 0.5) is 0 Å². The Morgan fingerprint density at radius 2 is 1.81 bits per heavy atom. The first-order valence-corrected chi connectivity index (χ1v) is 11.8. The van der Waals surface area contributed by atoms with Crippen molar-refractivity contribution in [3.63, 3.8) is 0 Å². The van der Waals surface area contributed by atoms with Crippen LogP contribution in [0.2, 0.25) is 10.0 Å². The number of piperidine rings is 1. The second kappa shape index (κ2) is 9.62. The molecule has 2 aliphatic rings. The molecule has 1 N–H and O–H groups in total. The Balaban J connectivity index is 1.74. The van der Waals surface area contributed by atoms with Gasteiger partial charge in [0, 0.05) is 41.4 Å². The zero-order valence-electron chi connectivity index (χ0n) is 17.7. The monoisotopic (exact) mass is 458 g/mol. The van der Waals surface area contributed by atoms with Crippen molar-refractivity contribution in [1.29, 1.82) is 0 Å². The fourth-order valence-corrected chi connectivity index (χ4v) is 5.02. The third-order valence-corrected chi connectivity index (χ3v) is 6.82. The quantitative estimate of drug-likeness (QED) is 0.586. The number of hydrogen-bond acceptors (Lipinski definition) is 2. The van der Waals surface area contributed by atoms with Crippen LogP contribution in [0.1, 0.15) is 55.7 Å². The first kappa shape index (κ1) is 22.2. The van der Waals surface area contributed by atoms with Gasteiger partial charge in [-0.2, -0.15) is 0 Å². The fourth-order valence-electron chi connectivity index (χ4n) is 4.70. The third-order valence-electron chi connectivity index (χ3n) is 6.33. The summed E-state index contributed by atoms with van der Waals surface area (Å²) in [6.07, 6.45) is 3.14. The number of halogens is 2. The number of hydrogen-bond donors (Lipinski definition) is 1. The summed E-state index contributed by atoms with van der Waals surface area (Å²) in [6, 6.07) is 15.6. The maximum atomic E-state index is 13.6. The van der Waals surface area contributed by atoms with E-state index in [4.69, 9.17) is 23.2 Å². The molecule has 2 aromatic rings. The molecule has 6 heteroatoms. The van der Waals surface area contributed by atoms with Crippen molar-refractivity contribution in [2.75, 3.05) is 13.1 Å². The summed E-state index contributed by atoms with van der Waals surface area (Å²) >= 11 is 12.5. The van der Waals surface area contributed by atoms with Crippen LogP contribution in [-0.4, -0.2) is 29.8 Å². The molecule has 1 heterocycles. The highest BCUT2D eigenvalue weighted by molar-refractivity contribution is 6.30. The summed E-state index contributed by atoms with van der Waals surface area (Å²) in [5.41, 5.74) is 2.17. The zero-order valence-corrected chi connectivity index (χ0v) is 19.2. The average Bonchev–Trinajstić information content (AvgIpc) is 3.56. The summed E-state index contributed by atoms with van der Waals surface area (Å²) in [6.45, 7) is 3.19. The highest BCUT2D eigenvalue weighted by Crippen LogP contribution is 2.48. The number of nitrogens with zero attached hydrogens (tertiary/aromatic N) is 1. The van der Waals surface area contributed by atoms with Crippen molar-refractivity contribution in [2.45, 2.75) is 44.6 Å². The van der Waals surface area contributed by atoms with E-state index < -0.39 is 0 Å². The highest BCUT2D eigenvalue weighted by atomic mass is 35.5. The molecular weight excluding hydrogens is 431 g/mol. The number of nitrogens with one attached hydrogen (secondary N) is 1. The Morgan fingerprint density at radius 3 is 2.45 bits per heavy atom. The summed E-state index contributed by atoms with van der Waals surface area (Å²) in [4.78, 5) is 28.0. The zero-order chi connectivity index (χ0) is 22.0. The van der Waals surface area contributed by atoms with Gasteiger partial charge in [-0.3, -0.25) is 9.59 Å². The van der Waals surface area contributed by atoms with Crippen LogP contribution in [0.3, 0.4) is 0 Å². The molecule has 1 aliphatic heterocycles. The molecule has 0 unspecified atom stereocenters. The van der Waals surface area contributed by atoms with Crippen LogP contribution in [0.25, 0.3) is 0 Å². The SMILES string of the molecule is CCNC(=O)C[C@H]1C[C@H](c2cccc(Cl)c2)[C@@H](c2ccc(Cl)cc2)N(CC2CC2)C1=O. The lowest BCUT2D eigenvalue weighted by Crippen LogP contribution is -2.48. The van der Waals surface area contributed by atoms with Gasteiger partial charge in [-0.05, 0) is 67.5 Å². The topological polar surface area (TPSA) is 49.4 Å². The van der Waals surface area contributed by atoms with Gasteiger partial charge in [0.2, 0.25) is 11.8 Å². The molecule has 0 aromatic heterocycles. The molecule has 31 heavy (non-hydrogen) atoms. The summed E-state index contributed by atoms with van der Waals surface area (Å²) < 4.78 is 0. The highest BCUT2D eigenvalue weighted by Gasteiger charge is 2.45. The molecule has 2 fully saturated rings. The van der Waals surface area contributed by atoms with Crippen LogP contribution in [0.5, 0.6) is 0 Å². The molecule has 1 saturated carbocycles. The number of amides is 2. The van der Waals surface area contributed by atoms with E-state index in [1.54, 1.807) is 0 Å². The molecule has 2 amide bonds. The normalized spacial score (nSPS) is 23.6. The van der Waals surface area contributed by atoms with Crippen molar-refractivity contribution in [2.24, 2.45) is 11.8 Å². The second-order valence-corrected chi connectivity index (χ2v) is 9.55. The smallest absolute Gasteiger partial charge is 0.226 e. The number of benzene rings is 2. The van der Waals surface area contributed by atoms with E-state index >= 15 is 0 Å². The van der Waals surface area contributed by atoms with Crippen LogP contribution in [0.15, 0.2) is 48.5 Å². The van der Waals surface area contributed by atoms with Gasteiger partial charge in [-0.25, -0.2) is 0 Å². The Labute approximate surface area is 193 Å². The standard InChI is InChI=1S/C25H28Cl2N2O2/c1-2-28-23(30)14-19-13-22(18-4-3-5-21(27)12-18)24(17-8-10-20(26)11-9-17)29(25(19)31)15-16-6-7-16/h3-5,8-12,16,19,22,24H,2,6-7,13-15H2,1H3,(H,28,30)/t19-,22-,24-/m1/s1. The Hall–Kier alpha value is -2.04. The number of carbonyl (C=O) groups excluding carboxylic acids is 2. The fraction of sp³-hybridized carbons (Fsp3) is 0.440. The molecule has 0 spiro atoms. The number of rotatable bonds is 7. The number of carbonyl (C=O) groups is 2. The molecular formula is C25H28Cl2N2O2.